The minimum Gasteiger partial charge on any atom is -0.393 e. The number of rotatable bonds is 6. The Morgan fingerprint density at radius 2 is 2.12 bits per heavy atom. The van der Waals surface area contributed by atoms with E-state index in [-0.39, 0.29) is 24.8 Å². The van der Waals surface area contributed by atoms with Crippen LogP contribution in [-0.4, -0.2) is 45.0 Å². The number of hydrogen-bond donors (Lipinski definition) is 2. The second kappa shape index (κ2) is 7.92. The molecule has 0 aliphatic heterocycles. The lowest BCUT2D eigenvalue weighted by molar-refractivity contribution is -0.130. The number of hydrogen-bond acceptors (Lipinski definition) is 5. The van der Waals surface area contributed by atoms with Crippen molar-refractivity contribution < 1.29 is 18.6 Å². The molecule has 138 valence electrons. The molecule has 1 fully saturated rings. The standard InChI is InChI=1S/C16H21BrF2N4O2/c1-9(8-25-15(18)19)21-16-20-6-12-13(17)7-23(14(12)22-16)10-2-4-11(24)5-3-10/h6-7,9-11,15,24H,2-5,8H2,1H3,(H,20,21,22)/t9-,10?,11?/m0/s1. The number of halogens is 3. The van der Waals surface area contributed by atoms with E-state index in [1.165, 1.54) is 0 Å². The smallest absolute Gasteiger partial charge is 0.345 e. The van der Waals surface area contributed by atoms with Gasteiger partial charge in [0.1, 0.15) is 5.65 Å². The normalized spacial score (nSPS) is 22.5. The molecule has 0 saturated heterocycles. The molecule has 0 amide bonds. The minimum atomic E-state index is -2.79. The van der Waals surface area contributed by atoms with Gasteiger partial charge in [0.2, 0.25) is 5.95 Å². The molecule has 1 aliphatic carbocycles. The molecule has 0 aromatic carbocycles. The molecule has 1 aliphatic rings. The topological polar surface area (TPSA) is 72.2 Å². The molecule has 0 spiro atoms. The zero-order valence-corrected chi connectivity index (χ0v) is 15.4. The van der Waals surface area contributed by atoms with Crippen LogP contribution in [0.3, 0.4) is 0 Å². The summed E-state index contributed by atoms with van der Waals surface area (Å²) in [6.07, 6.45) is 6.83. The van der Waals surface area contributed by atoms with Crippen LogP contribution in [0.4, 0.5) is 14.7 Å². The highest BCUT2D eigenvalue weighted by molar-refractivity contribution is 9.10. The average molecular weight is 419 g/mol. The van der Waals surface area contributed by atoms with Gasteiger partial charge in [-0.3, -0.25) is 0 Å². The van der Waals surface area contributed by atoms with Gasteiger partial charge < -0.3 is 19.7 Å². The average Bonchev–Trinajstić information content (AvgIpc) is 2.90. The summed E-state index contributed by atoms with van der Waals surface area (Å²) < 4.78 is 31.6. The van der Waals surface area contributed by atoms with E-state index in [2.05, 4.69) is 40.5 Å². The Balaban J connectivity index is 1.80. The number of anilines is 1. The van der Waals surface area contributed by atoms with Gasteiger partial charge in [-0.15, -0.1) is 0 Å². The number of nitrogens with zero attached hydrogens (tertiary/aromatic N) is 3. The summed E-state index contributed by atoms with van der Waals surface area (Å²) in [5.41, 5.74) is 0.785. The predicted octanol–water partition coefficient (Wildman–Crippen LogP) is 3.71. The summed E-state index contributed by atoms with van der Waals surface area (Å²) in [5.74, 6) is 0.376. The molecule has 2 heterocycles. The monoisotopic (exact) mass is 418 g/mol. The molecule has 1 atom stereocenters. The van der Waals surface area contributed by atoms with Crippen molar-refractivity contribution in [1.82, 2.24) is 14.5 Å². The Kier molecular flexibility index (Phi) is 5.85. The van der Waals surface area contributed by atoms with Crippen molar-refractivity contribution in [2.45, 2.75) is 57.4 Å². The van der Waals surface area contributed by atoms with Gasteiger partial charge in [0, 0.05) is 29.0 Å². The summed E-state index contributed by atoms with van der Waals surface area (Å²) in [6, 6.07) is -0.0670. The van der Waals surface area contributed by atoms with Crippen LogP contribution in [-0.2, 0) is 4.74 Å². The van der Waals surface area contributed by atoms with Crippen LogP contribution < -0.4 is 5.32 Å². The second-order valence-corrected chi connectivity index (χ2v) is 7.27. The molecule has 1 saturated carbocycles. The summed E-state index contributed by atoms with van der Waals surface area (Å²) in [5, 5.41) is 13.6. The number of nitrogens with one attached hydrogen (secondary N) is 1. The molecule has 2 aromatic rings. The van der Waals surface area contributed by atoms with Crippen LogP contribution in [0, 0.1) is 0 Å². The first-order valence-corrected chi connectivity index (χ1v) is 9.10. The molecule has 25 heavy (non-hydrogen) atoms. The molecule has 9 heteroatoms. The maximum atomic E-state index is 12.1. The maximum Gasteiger partial charge on any atom is 0.345 e. The van der Waals surface area contributed by atoms with Gasteiger partial charge in [-0.25, -0.2) is 4.98 Å². The molecule has 0 unspecified atom stereocenters. The van der Waals surface area contributed by atoms with Gasteiger partial charge in [0.15, 0.2) is 0 Å². The van der Waals surface area contributed by atoms with Gasteiger partial charge in [-0.2, -0.15) is 13.8 Å². The lowest BCUT2D eigenvalue weighted by Crippen LogP contribution is -2.24. The molecule has 0 radical (unpaired) electrons. The number of aromatic nitrogens is 3. The highest BCUT2D eigenvalue weighted by Crippen LogP contribution is 2.34. The quantitative estimate of drug-likeness (QED) is 0.747. The van der Waals surface area contributed by atoms with Crippen molar-refractivity contribution in [3.63, 3.8) is 0 Å². The Morgan fingerprint density at radius 1 is 1.40 bits per heavy atom. The van der Waals surface area contributed by atoms with Crippen molar-refractivity contribution in [3.05, 3.63) is 16.9 Å². The first-order chi connectivity index (χ1) is 11.9. The second-order valence-electron chi connectivity index (χ2n) is 6.42. The Labute approximate surface area is 152 Å². The summed E-state index contributed by atoms with van der Waals surface area (Å²) >= 11 is 3.54. The van der Waals surface area contributed by atoms with E-state index >= 15 is 0 Å². The Morgan fingerprint density at radius 3 is 2.80 bits per heavy atom. The zero-order chi connectivity index (χ0) is 18.0. The largest absolute Gasteiger partial charge is 0.393 e. The van der Waals surface area contributed by atoms with Crippen LogP contribution >= 0.6 is 15.9 Å². The van der Waals surface area contributed by atoms with Gasteiger partial charge in [-0.05, 0) is 48.5 Å². The number of alkyl halides is 2. The SMILES string of the molecule is C[C@@H](COC(F)F)Nc1ncc2c(Br)cn(C3CCC(O)CC3)c2n1. The highest BCUT2D eigenvalue weighted by atomic mass is 79.9. The Bertz CT molecular complexity index is 719. The van der Waals surface area contributed by atoms with E-state index in [1.807, 2.05) is 6.20 Å². The van der Waals surface area contributed by atoms with E-state index in [1.54, 1.807) is 13.1 Å². The van der Waals surface area contributed by atoms with Gasteiger partial charge >= 0.3 is 6.61 Å². The van der Waals surface area contributed by atoms with Gasteiger partial charge in [-0.1, -0.05) is 0 Å². The van der Waals surface area contributed by atoms with Crippen molar-refractivity contribution in [1.29, 1.82) is 0 Å². The van der Waals surface area contributed by atoms with Crippen molar-refractivity contribution in [2.24, 2.45) is 0 Å². The summed E-state index contributed by atoms with van der Waals surface area (Å²) in [6.45, 7) is -1.19. The number of aliphatic hydroxyl groups excluding tert-OH is 1. The maximum absolute atomic E-state index is 12.1. The molecular weight excluding hydrogens is 398 g/mol. The molecule has 3 rings (SSSR count). The van der Waals surface area contributed by atoms with Crippen LogP contribution in [0.2, 0.25) is 0 Å². The van der Waals surface area contributed by atoms with Crippen molar-refractivity contribution in [3.8, 4) is 0 Å². The van der Waals surface area contributed by atoms with E-state index in [0.29, 0.717) is 5.95 Å². The van der Waals surface area contributed by atoms with Gasteiger partial charge in [0.25, 0.3) is 0 Å². The molecular formula is C16H21BrF2N4O2. The van der Waals surface area contributed by atoms with E-state index in [4.69, 9.17) is 0 Å². The lowest BCUT2D eigenvalue weighted by atomic mass is 9.93. The third-order valence-electron chi connectivity index (χ3n) is 4.43. The number of aliphatic hydroxyl groups is 1. The van der Waals surface area contributed by atoms with Crippen LogP contribution in [0.1, 0.15) is 38.6 Å². The zero-order valence-electron chi connectivity index (χ0n) is 13.8. The van der Waals surface area contributed by atoms with E-state index in [9.17, 15) is 13.9 Å². The fourth-order valence-electron chi connectivity index (χ4n) is 3.15. The van der Waals surface area contributed by atoms with E-state index < -0.39 is 6.61 Å². The molecule has 2 aromatic heterocycles. The highest BCUT2D eigenvalue weighted by Gasteiger charge is 2.23. The molecule has 0 bridgehead atoms. The van der Waals surface area contributed by atoms with Crippen molar-refractivity contribution >= 4 is 32.9 Å². The summed E-state index contributed by atoms with van der Waals surface area (Å²) in [4.78, 5) is 8.82. The minimum absolute atomic E-state index is 0.135. The number of ether oxygens (including phenoxy) is 1. The van der Waals surface area contributed by atoms with E-state index in [0.717, 1.165) is 41.2 Å². The van der Waals surface area contributed by atoms with Crippen LogP contribution in [0.15, 0.2) is 16.9 Å². The fraction of sp³-hybridized carbons (Fsp3) is 0.625. The lowest BCUT2D eigenvalue weighted by Gasteiger charge is -2.27. The Hall–Kier alpha value is -1.32. The molecule has 6 nitrogen and oxygen atoms in total. The van der Waals surface area contributed by atoms with Gasteiger partial charge in [0.05, 0.1) is 18.1 Å². The van der Waals surface area contributed by atoms with Crippen LogP contribution in [0.5, 0.6) is 0 Å². The third-order valence-corrected chi connectivity index (χ3v) is 5.06. The third kappa shape index (κ3) is 4.45. The first kappa shape index (κ1) is 18.5. The van der Waals surface area contributed by atoms with Crippen molar-refractivity contribution in [2.75, 3.05) is 11.9 Å². The van der Waals surface area contributed by atoms with Crippen LogP contribution in [0.25, 0.3) is 11.0 Å². The first-order valence-electron chi connectivity index (χ1n) is 8.31. The fourth-order valence-corrected chi connectivity index (χ4v) is 3.65. The molecule has 2 N–H and O–H groups in total. The summed E-state index contributed by atoms with van der Waals surface area (Å²) in [7, 11) is 0. The number of fused-ring (bicyclic) bond motifs is 1. The predicted molar refractivity (Wildman–Crippen MR) is 93.8 cm³/mol.